The monoisotopic (exact) mass is 241 g/mol. The van der Waals surface area contributed by atoms with E-state index in [-0.39, 0.29) is 5.78 Å². The van der Waals surface area contributed by atoms with E-state index in [0.717, 1.165) is 0 Å². The Balaban J connectivity index is 2.54. The molecule has 0 aliphatic carbocycles. The third-order valence-corrected chi connectivity index (χ3v) is 3.06. The van der Waals surface area contributed by atoms with Crippen LogP contribution in [0.3, 0.4) is 0 Å². The quantitative estimate of drug-likeness (QED) is 0.796. The average Bonchev–Trinajstić information content (AvgIpc) is 2.73. The number of hydrogen-bond acceptors (Lipinski definition) is 1. The summed E-state index contributed by atoms with van der Waals surface area (Å²) in [6.07, 6.45) is 2.01. The molecule has 0 aliphatic rings. The van der Waals surface area contributed by atoms with Crippen LogP contribution < -0.4 is 0 Å². The lowest BCUT2D eigenvalue weighted by Gasteiger charge is -2.12. The molecule has 0 N–H and O–H groups in total. The molecule has 1 aromatic carbocycles. The van der Waals surface area contributed by atoms with Gasteiger partial charge in [-0.2, -0.15) is 0 Å². The molecular formula is C16H19NO. The van der Waals surface area contributed by atoms with E-state index in [1.807, 2.05) is 29.0 Å². The largest absolute Gasteiger partial charge is 0.340 e. The number of Topliss-reactive ketones (excluding diaryl/α,β-unsaturated/α-hetero) is 1. The molecule has 2 rings (SSSR count). The van der Waals surface area contributed by atoms with Crippen LogP contribution in [0.5, 0.6) is 0 Å². The molecule has 0 atom stereocenters. The van der Waals surface area contributed by atoms with Crippen molar-refractivity contribution in [2.45, 2.75) is 33.2 Å². The van der Waals surface area contributed by atoms with Crippen LogP contribution in [0.25, 0.3) is 11.3 Å². The molecule has 18 heavy (non-hydrogen) atoms. The van der Waals surface area contributed by atoms with Gasteiger partial charge < -0.3 is 4.57 Å². The fourth-order valence-corrected chi connectivity index (χ4v) is 2.26. The summed E-state index contributed by atoms with van der Waals surface area (Å²) < 4.78 is 2.05. The van der Waals surface area contributed by atoms with Crippen LogP contribution in [0.15, 0.2) is 42.6 Å². The van der Waals surface area contributed by atoms with Crippen LogP contribution in [0, 0.1) is 0 Å². The summed E-state index contributed by atoms with van der Waals surface area (Å²) in [4.78, 5) is 11.4. The second-order valence-electron chi connectivity index (χ2n) is 4.97. The minimum Gasteiger partial charge on any atom is -0.340 e. The Hall–Kier alpha value is -1.83. The molecule has 0 aliphatic heterocycles. The van der Waals surface area contributed by atoms with E-state index in [0.29, 0.717) is 12.5 Å². The summed E-state index contributed by atoms with van der Waals surface area (Å²) >= 11 is 0. The molecule has 0 amide bonds. The van der Waals surface area contributed by atoms with Crippen molar-refractivity contribution in [3.8, 4) is 11.3 Å². The number of rotatable bonds is 4. The number of aromatic nitrogens is 1. The van der Waals surface area contributed by atoms with E-state index in [4.69, 9.17) is 0 Å². The Bertz CT molecular complexity index is 537. The third kappa shape index (κ3) is 2.53. The van der Waals surface area contributed by atoms with Gasteiger partial charge in [-0.05, 0) is 30.0 Å². The molecule has 0 radical (unpaired) electrons. The lowest BCUT2D eigenvalue weighted by Crippen LogP contribution is -2.07. The van der Waals surface area contributed by atoms with Gasteiger partial charge in [0.05, 0.1) is 12.2 Å². The molecule has 2 aromatic rings. The smallest absolute Gasteiger partial charge is 0.149 e. The first-order chi connectivity index (χ1) is 8.59. The van der Waals surface area contributed by atoms with Crippen molar-refractivity contribution in [1.82, 2.24) is 4.57 Å². The van der Waals surface area contributed by atoms with Gasteiger partial charge in [0, 0.05) is 6.20 Å². The van der Waals surface area contributed by atoms with E-state index in [2.05, 4.69) is 32.0 Å². The number of carbonyl (C=O) groups excluding carboxylic acids is 1. The van der Waals surface area contributed by atoms with Gasteiger partial charge in [0.25, 0.3) is 0 Å². The summed E-state index contributed by atoms with van der Waals surface area (Å²) in [6.45, 7) is 6.43. The van der Waals surface area contributed by atoms with Crippen LogP contribution in [0.4, 0.5) is 0 Å². The predicted octanol–water partition coefficient (Wildman–Crippen LogP) is 3.87. The molecule has 0 spiro atoms. The lowest BCUT2D eigenvalue weighted by atomic mass is 9.99. The van der Waals surface area contributed by atoms with E-state index in [9.17, 15) is 4.79 Å². The van der Waals surface area contributed by atoms with Gasteiger partial charge in [-0.15, -0.1) is 0 Å². The topological polar surface area (TPSA) is 22.0 Å². The Labute approximate surface area is 108 Å². The van der Waals surface area contributed by atoms with Gasteiger partial charge in [0.1, 0.15) is 5.78 Å². The molecule has 94 valence electrons. The molecule has 0 fully saturated rings. The van der Waals surface area contributed by atoms with Crippen LogP contribution in [0.1, 0.15) is 32.3 Å². The molecule has 1 heterocycles. The highest BCUT2D eigenvalue weighted by molar-refractivity contribution is 5.77. The van der Waals surface area contributed by atoms with Gasteiger partial charge >= 0.3 is 0 Å². The Morgan fingerprint density at radius 2 is 1.83 bits per heavy atom. The fourth-order valence-electron chi connectivity index (χ4n) is 2.26. The van der Waals surface area contributed by atoms with Crippen molar-refractivity contribution in [1.29, 1.82) is 0 Å². The molecule has 0 saturated carbocycles. The highest BCUT2D eigenvalue weighted by Gasteiger charge is 2.14. The summed E-state index contributed by atoms with van der Waals surface area (Å²) in [7, 11) is 0. The average molecular weight is 241 g/mol. The minimum absolute atomic E-state index is 0.179. The normalized spacial score (nSPS) is 10.9. The standard InChI is InChI=1S/C16H19NO/c1-12(2)15-9-10-17(11-13(3)18)16(15)14-7-5-4-6-8-14/h4-10,12H,11H2,1-3H3. The summed E-state index contributed by atoms with van der Waals surface area (Å²) in [5, 5.41) is 0. The van der Waals surface area contributed by atoms with Crippen LogP contribution in [0.2, 0.25) is 0 Å². The zero-order valence-electron chi connectivity index (χ0n) is 11.2. The molecule has 2 heteroatoms. The van der Waals surface area contributed by atoms with Crippen LogP contribution in [-0.4, -0.2) is 10.4 Å². The van der Waals surface area contributed by atoms with Crippen molar-refractivity contribution >= 4 is 5.78 Å². The first kappa shape index (κ1) is 12.6. The van der Waals surface area contributed by atoms with Gasteiger partial charge in [-0.25, -0.2) is 0 Å². The molecule has 0 saturated heterocycles. The van der Waals surface area contributed by atoms with Crippen LogP contribution in [-0.2, 0) is 11.3 Å². The number of benzene rings is 1. The lowest BCUT2D eigenvalue weighted by molar-refractivity contribution is -0.117. The maximum atomic E-state index is 11.4. The molecule has 0 bridgehead atoms. The Morgan fingerprint density at radius 1 is 1.17 bits per heavy atom. The first-order valence-electron chi connectivity index (χ1n) is 6.33. The van der Waals surface area contributed by atoms with E-state index in [1.165, 1.54) is 16.8 Å². The van der Waals surface area contributed by atoms with Gasteiger partial charge in [-0.3, -0.25) is 4.79 Å². The van der Waals surface area contributed by atoms with Crippen molar-refractivity contribution in [3.05, 3.63) is 48.2 Å². The van der Waals surface area contributed by atoms with Crippen molar-refractivity contribution in [2.24, 2.45) is 0 Å². The van der Waals surface area contributed by atoms with Gasteiger partial charge in [0.15, 0.2) is 0 Å². The number of ketones is 1. The van der Waals surface area contributed by atoms with E-state index >= 15 is 0 Å². The second kappa shape index (κ2) is 5.21. The zero-order valence-corrected chi connectivity index (χ0v) is 11.2. The summed E-state index contributed by atoms with van der Waals surface area (Å²) in [5.41, 5.74) is 3.63. The SMILES string of the molecule is CC(=O)Cn1ccc(C(C)C)c1-c1ccccc1. The predicted molar refractivity (Wildman–Crippen MR) is 74.6 cm³/mol. The maximum Gasteiger partial charge on any atom is 0.149 e. The van der Waals surface area contributed by atoms with Crippen molar-refractivity contribution < 1.29 is 4.79 Å². The van der Waals surface area contributed by atoms with Gasteiger partial charge in [-0.1, -0.05) is 44.2 Å². The number of nitrogens with zero attached hydrogens (tertiary/aromatic N) is 1. The number of hydrogen-bond donors (Lipinski definition) is 0. The van der Waals surface area contributed by atoms with E-state index < -0.39 is 0 Å². The van der Waals surface area contributed by atoms with Gasteiger partial charge in [0.2, 0.25) is 0 Å². The summed E-state index contributed by atoms with van der Waals surface area (Å²) in [6, 6.07) is 12.4. The molecule has 1 aromatic heterocycles. The number of carbonyl (C=O) groups is 1. The third-order valence-electron chi connectivity index (χ3n) is 3.06. The zero-order chi connectivity index (χ0) is 13.1. The highest BCUT2D eigenvalue weighted by atomic mass is 16.1. The van der Waals surface area contributed by atoms with Crippen molar-refractivity contribution in [3.63, 3.8) is 0 Å². The summed E-state index contributed by atoms with van der Waals surface area (Å²) in [5.74, 6) is 0.631. The Morgan fingerprint density at radius 3 is 2.39 bits per heavy atom. The fraction of sp³-hybridized carbons (Fsp3) is 0.312. The Kier molecular flexibility index (Phi) is 3.66. The van der Waals surface area contributed by atoms with E-state index in [1.54, 1.807) is 6.92 Å². The molecular weight excluding hydrogens is 222 g/mol. The molecule has 2 nitrogen and oxygen atoms in total. The minimum atomic E-state index is 0.179. The molecule has 0 unspecified atom stereocenters. The highest BCUT2D eigenvalue weighted by Crippen LogP contribution is 2.30. The van der Waals surface area contributed by atoms with Crippen molar-refractivity contribution in [2.75, 3.05) is 0 Å². The second-order valence-corrected chi connectivity index (χ2v) is 4.97. The van der Waals surface area contributed by atoms with Crippen LogP contribution >= 0.6 is 0 Å². The first-order valence-corrected chi connectivity index (χ1v) is 6.33. The maximum absolute atomic E-state index is 11.4.